The molecule has 0 N–H and O–H groups in total. The van der Waals surface area contributed by atoms with Gasteiger partial charge in [-0.05, 0) is 45.8 Å². The van der Waals surface area contributed by atoms with E-state index in [0.29, 0.717) is 10.9 Å². The number of carbonyl (C=O) groups excluding carboxylic acids is 1. The molecule has 0 amide bonds. The Morgan fingerprint density at radius 1 is 1.21 bits per heavy atom. The number of hydrogen-bond donors (Lipinski definition) is 0. The van der Waals surface area contributed by atoms with Gasteiger partial charge in [-0.2, -0.15) is 0 Å². The number of nitro groups is 1. The van der Waals surface area contributed by atoms with Gasteiger partial charge in [0.1, 0.15) is 6.61 Å². The molecule has 0 saturated carbocycles. The van der Waals surface area contributed by atoms with Gasteiger partial charge >= 0.3 is 0 Å². The zero-order chi connectivity index (χ0) is 21.6. The van der Waals surface area contributed by atoms with Gasteiger partial charge in [-0.25, -0.2) is 0 Å². The molecule has 0 spiro atoms. The molecule has 0 saturated heterocycles. The van der Waals surface area contributed by atoms with Crippen LogP contribution in [0.5, 0.6) is 11.5 Å². The zero-order valence-corrected chi connectivity index (χ0v) is 16.9. The number of rotatable bonds is 9. The second kappa shape index (κ2) is 9.68. The second-order valence-electron chi connectivity index (χ2n) is 6.88. The average molecular weight is 400 g/mol. The predicted molar refractivity (Wildman–Crippen MR) is 110 cm³/mol. The van der Waals surface area contributed by atoms with Gasteiger partial charge in [0.25, 0.3) is 17.7 Å². The van der Waals surface area contributed by atoms with E-state index in [1.54, 1.807) is 0 Å². The van der Waals surface area contributed by atoms with Crippen molar-refractivity contribution in [1.82, 2.24) is 4.57 Å². The number of ether oxygens (including phenoxy) is 2. The van der Waals surface area contributed by atoms with Crippen molar-refractivity contribution in [2.24, 2.45) is 7.05 Å². The highest BCUT2D eigenvalue weighted by Crippen LogP contribution is 2.34. The molecule has 1 aromatic heterocycles. The van der Waals surface area contributed by atoms with Gasteiger partial charge in [0, 0.05) is 24.6 Å². The molecule has 0 atom stereocenters. The molecule has 2 aromatic rings. The van der Waals surface area contributed by atoms with Crippen LogP contribution in [0.15, 0.2) is 46.3 Å². The van der Waals surface area contributed by atoms with Crippen molar-refractivity contribution in [3.63, 3.8) is 0 Å². The van der Waals surface area contributed by atoms with Crippen molar-refractivity contribution >= 4 is 23.1 Å². The monoisotopic (exact) mass is 400 g/mol. The molecule has 0 radical (unpaired) electrons. The predicted octanol–water partition coefficient (Wildman–Crippen LogP) is 4.05. The largest absolute Gasteiger partial charge is 0.485 e. The molecule has 154 valence electrons. The highest BCUT2D eigenvalue weighted by Gasteiger charge is 2.20. The minimum atomic E-state index is -0.621. The van der Waals surface area contributed by atoms with Crippen LogP contribution in [0.1, 0.15) is 33.6 Å². The lowest BCUT2D eigenvalue weighted by Crippen LogP contribution is -2.21. The molecular weight excluding hydrogens is 376 g/mol. The highest BCUT2D eigenvalue weighted by molar-refractivity contribution is 5.89. The molecular formula is C21H24N2O6. The van der Waals surface area contributed by atoms with Crippen LogP contribution in [0.2, 0.25) is 0 Å². The van der Waals surface area contributed by atoms with Crippen molar-refractivity contribution in [2.75, 3.05) is 6.61 Å². The molecule has 0 fully saturated rings. The van der Waals surface area contributed by atoms with E-state index in [2.05, 4.69) is 6.08 Å². The lowest BCUT2D eigenvalue weighted by atomic mass is 10.1. The number of allylic oxidation sites excluding steroid dienone is 3. The maximum Gasteiger partial charge on any atom is 0.298 e. The Kier molecular flexibility index (Phi) is 7.30. The van der Waals surface area contributed by atoms with Crippen molar-refractivity contribution in [2.45, 2.75) is 33.6 Å². The number of pyridine rings is 1. The Labute approximate surface area is 168 Å². The summed E-state index contributed by atoms with van der Waals surface area (Å²) in [5, 5.41) is 11.5. The van der Waals surface area contributed by atoms with Gasteiger partial charge in [-0.1, -0.05) is 17.2 Å². The third-order valence-electron chi connectivity index (χ3n) is 4.42. The second-order valence-corrected chi connectivity index (χ2v) is 6.88. The van der Waals surface area contributed by atoms with Gasteiger partial charge in [0.05, 0.1) is 10.4 Å². The first-order valence-corrected chi connectivity index (χ1v) is 9.09. The van der Waals surface area contributed by atoms with Crippen LogP contribution in [-0.4, -0.2) is 22.6 Å². The van der Waals surface area contributed by atoms with Crippen LogP contribution >= 0.6 is 0 Å². The fraction of sp³-hybridized carbons (Fsp3) is 0.333. The molecule has 0 aliphatic heterocycles. The molecule has 0 unspecified atom stereocenters. The molecule has 1 heterocycles. The first kappa shape index (κ1) is 21.9. The number of nitrogens with zero attached hydrogens (tertiary/aromatic N) is 2. The maximum absolute atomic E-state index is 12.6. The molecule has 0 aliphatic carbocycles. The van der Waals surface area contributed by atoms with E-state index in [9.17, 15) is 19.7 Å². The van der Waals surface area contributed by atoms with Crippen LogP contribution in [0.4, 0.5) is 5.69 Å². The summed E-state index contributed by atoms with van der Waals surface area (Å²) in [4.78, 5) is 34.0. The number of carbonyl (C=O) groups is 1. The summed E-state index contributed by atoms with van der Waals surface area (Å²) in [6.45, 7) is 6.39. The summed E-state index contributed by atoms with van der Waals surface area (Å²) >= 11 is 0. The number of aryl methyl sites for hydroxylation is 1. The number of nitro benzene ring substituents is 1. The Bertz CT molecular complexity index is 1050. The summed E-state index contributed by atoms with van der Waals surface area (Å²) in [6, 6.07) is 4.07. The Balaban J connectivity index is 2.42. The van der Waals surface area contributed by atoms with Crippen LogP contribution in [-0.2, 0) is 11.8 Å². The number of fused-ring (bicyclic) bond motifs is 1. The van der Waals surface area contributed by atoms with Crippen molar-refractivity contribution in [1.29, 1.82) is 0 Å². The number of benzene rings is 1. The molecule has 0 bridgehead atoms. The van der Waals surface area contributed by atoms with E-state index in [1.807, 2.05) is 26.8 Å². The summed E-state index contributed by atoms with van der Waals surface area (Å²) < 4.78 is 11.8. The zero-order valence-electron chi connectivity index (χ0n) is 16.9. The fourth-order valence-corrected chi connectivity index (χ4v) is 2.84. The number of hydrogen-bond acceptors (Lipinski definition) is 6. The molecule has 8 heteroatoms. The van der Waals surface area contributed by atoms with Gasteiger partial charge < -0.3 is 14.0 Å². The Hall–Kier alpha value is -3.42. The summed E-state index contributed by atoms with van der Waals surface area (Å²) in [6.07, 6.45) is 5.83. The molecule has 0 aliphatic rings. The minimum absolute atomic E-state index is 0.0819. The van der Waals surface area contributed by atoms with E-state index in [1.165, 1.54) is 35.4 Å². The van der Waals surface area contributed by atoms with E-state index in [4.69, 9.17) is 9.47 Å². The first-order valence-electron chi connectivity index (χ1n) is 9.09. The average Bonchev–Trinajstić information content (AvgIpc) is 2.67. The Morgan fingerprint density at radius 2 is 1.93 bits per heavy atom. The molecule has 2 rings (SSSR count). The van der Waals surface area contributed by atoms with Crippen LogP contribution in [0.3, 0.4) is 0 Å². The molecule has 8 nitrogen and oxygen atoms in total. The summed E-state index contributed by atoms with van der Waals surface area (Å²) in [5.74, 6) is -0.169. The van der Waals surface area contributed by atoms with Crippen molar-refractivity contribution < 1.29 is 19.2 Å². The lowest BCUT2D eigenvalue weighted by molar-refractivity contribution is -0.384. The van der Waals surface area contributed by atoms with Crippen LogP contribution < -0.4 is 15.0 Å². The van der Waals surface area contributed by atoms with Gasteiger partial charge in [0.15, 0.2) is 5.75 Å². The number of non-ortho nitro benzene ring substituents is 1. The fourth-order valence-electron chi connectivity index (χ4n) is 2.84. The highest BCUT2D eigenvalue weighted by atomic mass is 16.6. The van der Waals surface area contributed by atoms with Crippen LogP contribution in [0, 0.1) is 10.1 Å². The third-order valence-corrected chi connectivity index (χ3v) is 4.42. The quantitative estimate of drug-likeness (QED) is 0.272. The number of aromatic nitrogens is 1. The summed E-state index contributed by atoms with van der Waals surface area (Å²) in [5.41, 5.74) is 1.90. The van der Waals surface area contributed by atoms with E-state index < -0.39 is 10.5 Å². The molecule has 1 aromatic carbocycles. The van der Waals surface area contributed by atoms with Crippen molar-refractivity contribution in [3.05, 3.63) is 62.0 Å². The van der Waals surface area contributed by atoms with E-state index in [-0.39, 0.29) is 30.3 Å². The van der Waals surface area contributed by atoms with Crippen LogP contribution in [0.25, 0.3) is 10.9 Å². The Morgan fingerprint density at radius 3 is 2.55 bits per heavy atom. The standard InChI is InChI=1S/C21H24N2O6/c1-14(2)6-5-7-15(3)10-11-28-19-17-9-8-16(23(26)27)12-18(17)22(4)21(25)20(19)29-13-24/h6,8-10,12-13H,5,7,11H2,1-4H3. The van der Waals surface area contributed by atoms with Gasteiger partial charge in [0.2, 0.25) is 5.75 Å². The summed E-state index contributed by atoms with van der Waals surface area (Å²) in [7, 11) is 1.45. The minimum Gasteiger partial charge on any atom is -0.485 e. The van der Waals surface area contributed by atoms with Gasteiger partial charge in [-0.15, -0.1) is 0 Å². The lowest BCUT2D eigenvalue weighted by Gasteiger charge is -2.14. The smallest absolute Gasteiger partial charge is 0.298 e. The normalized spacial score (nSPS) is 11.2. The van der Waals surface area contributed by atoms with Crippen molar-refractivity contribution in [3.8, 4) is 11.5 Å². The topological polar surface area (TPSA) is 101 Å². The maximum atomic E-state index is 12.6. The van der Waals surface area contributed by atoms with E-state index in [0.717, 1.165) is 18.4 Å². The first-order chi connectivity index (χ1) is 13.8. The molecule has 29 heavy (non-hydrogen) atoms. The van der Waals surface area contributed by atoms with E-state index >= 15 is 0 Å². The SMILES string of the molecule is CC(C)=CCCC(C)=CCOc1c(OC=O)c(=O)n(C)c2cc([N+](=O)[O-])ccc12. The third kappa shape index (κ3) is 5.31. The van der Waals surface area contributed by atoms with Gasteiger partial charge in [-0.3, -0.25) is 19.7 Å².